The fourth-order valence-electron chi connectivity index (χ4n) is 1.98. The number of nitrogens with two attached hydrogens (primary N) is 1. The molecule has 0 unspecified atom stereocenters. The molecule has 1 aromatic heterocycles. The van der Waals surface area contributed by atoms with Crippen molar-refractivity contribution in [1.82, 2.24) is 5.32 Å². The molecule has 82 valence electrons. The first-order chi connectivity index (χ1) is 7.25. The minimum absolute atomic E-state index is 0.154. The van der Waals surface area contributed by atoms with Crippen LogP contribution in [0.1, 0.15) is 42.7 Å². The van der Waals surface area contributed by atoms with E-state index in [1.807, 2.05) is 0 Å². The van der Waals surface area contributed by atoms with Gasteiger partial charge < -0.3 is 15.5 Å². The Labute approximate surface area is 88.8 Å². The zero-order valence-electron chi connectivity index (χ0n) is 8.66. The Hall–Kier alpha value is -1.45. The molecule has 0 atom stereocenters. The van der Waals surface area contributed by atoms with Crippen molar-refractivity contribution in [3.8, 4) is 0 Å². The standard InChI is InChI=1S/C11H16N2O2/c12-10-7-6-9(15-10)11(14)13-8-4-2-1-3-5-8/h6-8H,1-5,12H2,(H,13,14). The summed E-state index contributed by atoms with van der Waals surface area (Å²) in [6, 6.07) is 3.50. The van der Waals surface area contributed by atoms with Crippen LogP contribution >= 0.6 is 0 Å². The predicted molar refractivity (Wildman–Crippen MR) is 57.5 cm³/mol. The molecule has 3 N–H and O–H groups in total. The van der Waals surface area contributed by atoms with Crippen molar-refractivity contribution >= 4 is 11.8 Å². The SMILES string of the molecule is Nc1ccc(C(=O)NC2CCCCC2)o1. The number of carbonyl (C=O) groups is 1. The normalized spacial score (nSPS) is 17.6. The number of anilines is 1. The Kier molecular flexibility index (Phi) is 2.94. The van der Waals surface area contributed by atoms with Crippen LogP contribution in [0, 0.1) is 0 Å². The Bertz CT molecular complexity index is 340. The molecular formula is C11H16N2O2. The molecule has 4 nitrogen and oxygen atoms in total. The molecule has 0 spiro atoms. The van der Waals surface area contributed by atoms with Gasteiger partial charge in [0, 0.05) is 12.1 Å². The van der Waals surface area contributed by atoms with Crippen LogP contribution in [-0.2, 0) is 0 Å². The Morgan fingerprint density at radius 1 is 1.33 bits per heavy atom. The minimum atomic E-state index is -0.154. The van der Waals surface area contributed by atoms with Gasteiger partial charge in [-0.15, -0.1) is 0 Å². The van der Waals surface area contributed by atoms with Gasteiger partial charge in [0.1, 0.15) is 0 Å². The number of rotatable bonds is 2. The van der Waals surface area contributed by atoms with E-state index in [0.717, 1.165) is 12.8 Å². The molecule has 1 aliphatic rings. The highest BCUT2D eigenvalue weighted by atomic mass is 16.4. The van der Waals surface area contributed by atoms with Crippen molar-refractivity contribution in [2.24, 2.45) is 0 Å². The van der Waals surface area contributed by atoms with Gasteiger partial charge in [0.2, 0.25) is 0 Å². The summed E-state index contributed by atoms with van der Waals surface area (Å²) < 4.78 is 5.05. The fraction of sp³-hybridized carbons (Fsp3) is 0.545. The lowest BCUT2D eigenvalue weighted by atomic mass is 9.95. The van der Waals surface area contributed by atoms with Gasteiger partial charge in [-0.3, -0.25) is 4.79 Å². The molecule has 1 fully saturated rings. The van der Waals surface area contributed by atoms with E-state index in [1.54, 1.807) is 12.1 Å². The lowest BCUT2D eigenvalue weighted by Gasteiger charge is -2.22. The summed E-state index contributed by atoms with van der Waals surface area (Å²) in [6.07, 6.45) is 5.82. The van der Waals surface area contributed by atoms with Gasteiger partial charge in [-0.25, -0.2) is 0 Å². The molecule has 0 saturated heterocycles. The van der Waals surface area contributed by atoms with E-state index in [2.05, 4.69) is 5.32 Å². The number of amides is 1. The third kappa shape index (κ3) is 2.52. The molecule has 1 amide bonds. The van der Waals surface area contributed by atoms with Crippen molar-refractivity contribution in [1.29, 1.82) is 0 Å². The fourth-order valence-corrected chi connectivity index (χ4v) is 1.98. The quantitative estimate of drug-likeness (QED) is 0.780. The van der Waals surface area contributed by atoms with Gasteiger partial charge in [0.15, 0.2) is 11.6 Å². The monoisotopic (exact) mass is 208 g/mol. The summed E-state index contributed by atoms with van der Waals surface area (Å²) in [7, 11) is 0. The van der Waals surface area contributed by atoms with E-state index in [0.29, 0.717) is 11.8 Å². The highest BCUT2D eigenvalue weighted by molar-refractivity contribution is 5.92. The van der Waals surface area contributed by atoms with Crippen LogP contribution < -0.4 is 11.1 Å². The first-order valence-corrected chi connectivity index (χ1v) is 5.42. The molecule has 0 aliphatic heterocycles. The number of nitrogen functional groups attached to an aromatic ring is 1. The minimum Gasteiger partial charge on any atom is -0.436 e. The lowest BCUT2D eigenvalue weighted by molar-refractivity contribution is 0.0900. The number of hydrogen-bond acceptors (Lipinski definition) is 3. The van der Waals surface area contributed by atoms with Crippen molar-refractivity contribution in [2.45, 2.75) is 38.1 Å². The zero-order chi connectivity index (χ0) is 10.7. The van der Waals surface area contributed by atoms with Gasteiger partial charge in [0.25, 0.3) is 5.91 Å². The third-order valence-corrected chi connectivity index (χ3v) is 2.79. The summed E-state index contributed by atoms with van der Waals surface area (Å²) >= 11 is 0. The van der Waals surface area contributed by atoms with E-state index in [-0.39, 0.29) is 11.8 Å². The highest BCUT2D eigenvalue weighted by Crippen LogP contribution is 2.18. The maximum Gasteiger partial charge on any atom is 0.287 e. The summed E-state index contributed by atoms with van der Waals surface area (Å²) in [5.74, 6) is 0.431. The summed E-state index contributed by atoms with van der Waals surface area (Å²) in [5, 5.41) is 2.96. The van der Waals surface area contributed by atoms with Crippen molar-refractivity contribution in [3.63, 3.8) is 0 Å². The Balaban J connectivity index is 1.91. The van der Waals surface area contributed by atoms with Gasteiger partial charge in [-0.1, -0.05) is 19.3 Å². The molecular weight excluding hydrogens is 192 g/mol. The van der Waals surface area contributed by atoms with Crippen LogP contribution in [0.4, 0.5) is 5.88 Å². The number of nitrogens with one attached hydrogen (secondary N) is 1. The molecule has 1 saturated carbocycles. The molecule has 15 heavy (non-hydrogen) atoms. The van der Waals surface area contributed by atoms with Gasteiger partial charge in [0.05, 0.1) is 0 Å². The Morgan fingerprint density at radius 3 is 2.67 bits per heavy atom. The second-order valence-corrected chi connectivity index (χ2v) is 4.01. The third-order valence-electron chi connectivity index (χ3n) is 2.79. The first-order valence-electron chi connectivity index (χ1n) is 5.42. The topological polar surface area (TPSA) is 68.3 Å². The van der Waals surface area contributed by atoms with Gasteiger partial charge >= 0.3 is 0 Å². The van der Waals surface area contributed by atoms with Crippen LogP contribution in [0.25, 0.3) is 0 Å². The molecule has 4 heteroatoms. The van der Waals surface area contributed by atoms with Crippen LogP contribution in [0.5, 0.6) is 0 Å². The second-order valence-electron chi connectivity index (χ2n) is 4.01. The van der Waals surface area contributed by atoms with E-state index in [9.17, 15) is 4.79 Å². The maximum absolute atomic E-state index is 11.7. The van der Waals surface area contributed by atoms with E-state index in [4.69, 9.17) is 10.2 Å². The van der Waals surface area contributed by atoms with E-state index >= 15 is 0 Å². The largest absolute Gasteiger partial charge is 0.436 e. The van der Waals surface area contributed by atoms with Crippen LogP contribution in [0.3, 0.4) is 0 Å². The lowest BCUT2D eigenvalue weighted by Crippen LogP contribution is -2.35. The average molecular weight is 208 g/mol. The van der Waals surface area contributed by atoms with Crippen LogP contribution in [0.2, 0.25) is 0 Å². The van der Waals surface area contributed by atoms with Crippen molar-refractivity contribution in [2.75, 3.05) is 5.73 Å². The molecule has 2 rings (SSSR count). The average Bonchev–Trinajstić information content (AvgIpc) is 2.66. The molecule has 0 radical (unpaired) electrons. The van der Waals surface area contributed by atoms with Crippen molar-refractivity contribution < 1.29 is 9.21 Å². The molecule has 1 heterocycles. The number of furan rings is 1. The molecule has 1 aliphatic carbocycles. The maximum atomic E-state index is 11.7. The second kappa shape index (κ2) is 4.38. The van der Waals surface area contributed by atoms with Gasteiger partial charge in [-0.2, -0.15) is 0 Å². The molecule has 0 aromatic carbocycles. The first kappa shape index (κ1) is 10.1. The van der Waals surface area contributed by atoms with E-state index < -0.39 is 0 Å². The van der Waals surface area contributed by atoms with Crippen LogP contribution in [-0.4, -0.2) is 11.9 Å². The number of hydrogen-bond donors (Lipinski definition) is 2. The smallest absolute Gasteiger partial charge is 0.287 e. The molecule has 0 bridgehead atoms. The summed E-state index contributed by atoms with van der Waals surface area (Å²) in [6.45, 7) is 0. The van der Waals surface area contributed by atoms with Crippen LogP contribution in [0.15, 0.2) is 16.5 Å². The Morgan fingerprint density at radius 2 is 2.07 bits per heavy atom. The summed E-state index contributed by atoms with van der Waals surface area (Å²) in [4.78, 5) is 11.7. The molecule has 1 aromatic rings. The van der Waals surface area contributed by atoms with Gasteiger partial charge in [-0.05, 0) is 18.9 Å². The van der Waals surface area contributed by atoms with E-state index in [1.165, 1.54) is 19.3 Å². The number of carbonyl (C=O) groups excluding carboxylic acids is 1. The highest BCUT2D eigenvalue weighted by Gasteiger charge is 2.18. The predicted octanol–water partition coefficient (Wildman–Crippen LogP) is 1.92. The van der Waals surface area contributed by atoms with Crippen molar-refractivity contribution in [3.05, 3.63) is 17.9 Å². The zero-order valence-corrected chi connectivity index (χ0v) is 8.66. The summed E-state index contributed by atoms with van der Waals surface area (Å²) in [5.41, 5.74) is 5.40.